The molecule has 0 radical (unpaired) electrons. The molecule has 0 bridgehead atoms. The lowest BCUT2D eigenvalue weighted by Gasteiger charge is -2.29. The van der Waals surface area contributed by atoms with Crippen molar-refractivity contribution in [3.8, 4) is 5.75 Å². The van der Waals surface area contributed by atoms with Crippen LogP contribution in [0.25, 0.3) is 0 Å². The van der Waals surface area contributed by atoms with E-state index in [0.29, 0.717) is 5.75 Å². The van der Waals surface area contributed by atoms with Crippen molar-refractivity contribution in [1.29, 1.82) is 0 Å². The fourth-order valence-corrected chi connectivity index (χ4v) is 3.26. The van der Waals surface area contributed by atoms with Gasteiger partial charge in [0.15, 0.2) is 0 Å². The lowest BCUT2D eigenvalue weighted by molar-refractivity contribution is 0.201. The van der Waals surface area contributed by atoms with E-state index in [1.165, 1.54) is 17.5 Å². The lowest BCUT2D eigenvalue weighted by Crippen LogP contribution is -2.26. The Balaban J connectivity index is 1.86. The molecule has 0 aliphatic carbocycles. The first-order valence-electron chi connectivity index (χ1n) is 7.75. The Morgan fingerprint density at radius 1 is 1.10 bits per heavy atom. The minimum atomic E-state index is 0.233. The number of phenols is 1. The van der Waals surface area contributed by atoms with Gasteiger partial charge in [-0.25, -0.2) is 0 Å². The number of phenolic OH excluding ortho intramolecular Hbond substituents is 1. The van der Waals surface area contributed by atoms with Crippen molar-refractivity contribution < 1.29 is 5.11 Å². The Morgan fingerprint density at radius 3 is 2.62 bits per heavy atom. The zero-order valence-electron chi connectivity index (χ0n) is 12.8. The van der Waals surface area contributed by atoms with E-state index in [4.69, 9.17) is 0 Å². The van der Waals surface area contributed by atoms with Gasteiger partial charge in [0.1, 0.15) is 5.75 Å². The molecule has 0 aromatic heterocycles. The molecule has 21 heavy (non-hydrogen) atoms. The third-order valence-electron chi connectivity index (χ3n) is 4.57. The number of rotatable bonds is 2. The topological polar surface area (TPSA) is 23.5 Å². The zero-order chi connectivity index (χ0) is 14.8. The first-order chi connectivity index (χ1) is 10.1. The monoisotopic (exact) mass is 281 g/mol. The molecule has 0 saturated heterocycles. The van der Waals surface area contributed by atoms with E-state index < -0.39 is 0 Å². The van der Waals surface area contributed by atoms with Crippen LogP contribution in [0.15, 0.2) is 42.5 Å². The van der Waals surface area contributed by atoms with Crippen LogP contribution in [0.4, 0.5) is 0 Å². The van der Waals surface area contributed by atoms with Gasteiger partial charge in [0, 0.05) is 18.2 Å². The van der Waals surface area contributed by atoms with Gasteiger partial charge in [0.2, 0.25) is 0 Å². The molecule has 3 rings (SSSR count). The molecule has 0 amide bonds. The van der Waals surface area contributed by atoms with Crippen molar-refractivity contribution in [2.75, 3.05) is 6.54 Å². The average Bonchev–Trinajstić information content (AvgIpc) is 2.68. The van der Waals surface area contributed by atoms with E-state index >= 15 is 0 Å². The second kappa shape index (κ2) is 5.90. The van der Waals surface area contributed by atoms with Crippen LogP contribution < -0.4 is 0 Å². The number of nitrogens with zero attached hydrogens (tertiary/aromatic N) is 1. The molecular formula is C19H23NO. The summed E-state index contributed by atoms with van der Waals surface area (Å²) in [5.41, 5.74) is 5.03. The SMILES string of the molecule is Cc1ccc(C(C)N2CCCc3ccccc3C2)c(O)c1. The third-order valence-corrected chi connectivity index (χ3v) is 4.57. The van der Waals surface area contributed by atoms with Crippen LogP contribution in [0.1, 0.15) is 41.6 Å². The van der Waals surface area contributed by atoms with Crippen LogP contribution in [-0.2, 0) is 13.0 Å². The summed E-state index contributed by atoms with van der Waals surface area (Å²) >= 11 is 0. The van der Waals surface area contributed by atoms with Crippen molar-refractivity contribution in [3.05, 3.63) is 64.7 Å². The van der Waals surface area contributed by atoms with Crippen LogP contribution in [-0.4, -0.2) is 16.6 Å². The van der Waals surface area contributed by atoms with E-state index in [1.807, 2.05) is 13.0 Å². The second-order valence-corrected chi connectivity index (χ2v) is 6.08. The average molecular weight is 281 g/mol. The molecule has 0 fully saturated rings. The molecule has 1 aliphatic heterocycles. The summed E-state index contributed by atoms with van der Waals surface area (Å²) in [5, 5.41) is 10.2. The Hall–Kier alpha value is -1.80. The molecule has 2 aromatic carbocycles. The minimum absolute atomic E-state index is 0.233. The maximum atomic E-state index is 10.2. The van der Waals surface area contributed by atoms with Gasteiger partial charge in [-0.1, -0.05) is 36.4 Å². The maximum absolute atomic E-state index is 10.2. The van der Waals surface area contributed by atoms with Crippen LogP contribution >= 0.6 is 0 Å². The van der Waals surface area contributed by atoms with Gasteiger partial charge in [0.25, 0.3) is 0 Å². The van der Waals surface area contributed by atoms with E-state index in [9.17, 15) is 5.11 Å². The van der Waals surface area contributed by atoms with Crippen molar-refractivity contribution in [1.82, 2.24) is 4.90 Å². The second-order valence-electron chi connectivity index (χ2n) is 6.08. The molecule has 1 unspecified atom stereocenters. The van der Waals surface area contributed by atoms with Gasteiger partial charge in [-0.3, -0.25) is 4.90 Å². The van der Waals surface area contributed by atoms with Crippen LogP contribution in [0, 0.1) is 6.92 Å². The largest absolute Gasteiger partial charge is 0.508 e. The summed E-state index contributed by atoms with van der Waals surface area (Å²) in [4.78, 5) is 2.47. The summed E-state index contributed by atoms with van der Waals surface area (Å²) in [7, 11) is 0. The predicted molar refractivity (Wildman–Crippen MR) is 86.4 cm³/mol. The smallest absolute Gasteiger partial charge is 0.120 e. The Kier molecular flexibility index (Phi) is 3.98. The summed E-state index contributed by atoms with van der Waals surface area (Å²) in [6, 6.07) is 15.0. The molecule has 1 aliphatic rings. The molecule has 1 heterocycles. The number of hydrogen-bond donors (Lipinski definition) is 1. The molecule has 2 nitrogen and oxygen atoms in total. The fourth-order valence-electron chi connectivity index (χ4n) is 3.26. The van der Waals surface area contributed by atoms with Crippen LogP contribution in [0.3, 0.4) is 0 Å². The van der Waals surface area contributed by atoms with Gasteiger partial charge in [0.05, 0.1) is 0 Å². The molecule has 0 saturated carbocycles. The summed E-state index contributed by atoms with van der Waals surface area (Å²) in [5.74, 6) is 0.417. The fraction of sp³-hybridized carbons (Fsp3) is 0.368. The third kappa shape index (κ3) is 2.96. The summed E-state index contributed by atoms with van der Waals surface area (Å²) in [6.45, 7) is 6.24. The Morgan fingerprint density at radius 2 is 1.86 bits per heavy atom. The lowest BCUT2D eigenvalue weighted by atomic mass is 10.0. The molecular weight excluding hydrogens is 258 g/mol. The Labute approximate surface area is 127 Å². The highest BCUT2D eigenvalue weighted by molar-refractivity contribution is 5.38. The number of benzene rings is 2. The maximum Gasteiger partial charge on any atom is 0.120 e. The number of aryl methyl sites for hydroxylation is 2. The van der Waals surface area contributed by atoms with Crippen LogP contribution in [0.2, 0.25) is 0 Å². The van der Waals surface area contributed by atoms with Crippen molar-refractivity contribution in [2.45, 2.75) is 39.3 Å². The van der Waals surface area contributed by atoms with Gasteiger partial charge >= 0.3 is 0 Å². The highest BCUT2D eigenvalue weighted by Crippen LogP contribution is 2.32. The standard InChI is InChI=1S/C19H23NO/c1-14-9-10-18(19(21)12-14)15(2)20-11-5-8-16-6-3-4-7-17(16)13-20/h3-4,6-7,9-10,12,15,21H,5,8,11,13H2,1-2H3. The van der Waals surface area contributed by atoms with E-state index in [0.717, 1.165) is 30.6 Å². The quantitative estimate of drug-likeness (QED) is 0.891. The number of aromatic hydroxyl groups is 1. The van der Waals surface area contributed by atoms with Crippen LogP contribution in [0.5, 0.6) is 5.75 Å². The normalized spacial score (nSPS) is 17.0. The predicted octanol–water partition coefficient (Wildman–Crippen LogP) is 4.21. The van der Waals surface area contributed by atoms with E-state index in [1.54, 1.807) is 0 Å². The first-order valence-corrected chi connectivity index (χ1v) is 7.75. The van der Waals surface area contributed by atoms with Crippen molar-refractivity contribution in [3.63, 3.8) is 0 Å². The van der Waals surface area contributed by atoms with Gasteiger partial charge < -0.3 is 5.11 Å². The summed E-state index contributed by atoms with van der Waals surface area (Å²) < 4.78 is 0. The van der Waals surface area contributed by atoms with Crippen molar-refractivity contribution >= 4 is 0 Å². The molecule has 1 N–H and O–H groups in total. The van der Waals surface area contributed by atoms with Gasteiger partial charge in [-0.05, 0) is 56.0 Å². The molecule has 1 atom stereocenters. The minimum Gasteiger partial charge on any atom is -0.508 e. The summed E-state index contributed by atoms with van der Waals surface area (Å²) in [6.07, 6.45) is 2.33. The number of hydrogen-bond acceptors (Lipinski definition) is 2. The number of fused-ring (bicyclic) bond motifs is 1. The molecule has 2 aromatic rings. The van der Waals surface area contributed by atoms with Gasteiger partial charge in [-0.15, -0.1) is 0 Å². The molecule has 110 valence electrons. The molecule has 2 heteroatoms. The molecule has 0 spiro atoms. The van der Waals surface area contributed by atoms with E-state index in [2.05, 4.69) is 48.2 Å². The highest BCUT2D eigenvalue weighted by atomic mass is 16.3. The first kappa shape index (κ1) is 14.2. The Bertz CT molecular complexity index is 635. The van der Waals surface area contributed by atoms with Crippen molar-refractivity contribution in [2.24, 2.45) is 0 Å². The van der Waals surface area contributed by atoms with Gasteiger partial charge in [-0.2, -0.15) is 0 Å². The zero-order valence-corrected chi connectivity index (χ0v) is 12.8. The highest BCUT2D eigenvalue weighted by Gasteiger charge is 2.21. The van der Waals surface area contributed by atoms with E-state index in [-0.39, 0.29) is 6.04 Å².